The molecule has 16 heteroatoms. The molecule has 0 aliphatic rings. The summed E-state index contributed by atoms with van der Waals surface area (Å²) in [5.41, 5.74) is 1.62. The van der Waals surface area contributed by atoms with Crippen LogP contribution in [0.5, 0.6) is 11.5 Å². The van der Waals surface area contributed by atoms with Gasteiger partial charge in [-0.25, -0.2) is 13.4 Å². The van der Waals surface area contributed by atoms with Crippen LogP contribution in [0.1, 0.15) is 30.0 Å². The molecule has 2 amide bonds. The zero-order valence-corrected chi connectivity index (χ0v) is 28.5. The molecule has 0 radical (unpaired) electrons. The summed E-state index contributed by atoms with van der Waals surface area (Å²) >= 11 is 2.54. The van der Waals surface area contributed by atoms with E-state index >= 15 is 0 Å². The Morgan fingerprint density at radius 1 is 0.979 bits per heavy atom. The van der Waals surface area contributed by atoms with Gasteiger partial charge in [-0.3, -0.25) is 14.2 Å². The molecular formula is C31H33N7O6S3. The first-order chi connectivity index (χ1) is 22.7. The van der Waals surface area contributed by atoms with Crippen LogP contribution in [-0.4, -0.2) is 77.3 Å². The fourth-order valence-corrected chi connectivity index (χ4v) is 7.79. The smallest absolute Gasteiger partial charge is 0.251 e. The van der Waals surface area contributed by atoms with E-state index in [1.165, 1.54) is 47.0 Å². The summed E-state index contributed by atoms with van der Waals surface area (Å²) in [6.45, 7) is 4.18. The highest BCUT2D eigenvalue weighted by Crippen LogP contribution is 2.32. The Labute approximate surface area is 280 Å². The van der Waals surface area contributed by atoms with Crippen molar-refractivity contribution in [2.75, 3.05) is 38.4 Å². The summed E-state index contributed by atoms with van der Waals surface area (Å²) in [6.07, 6.45) is 0. The van der Waals surface area contributed by atoms with E-state index in [0.717, 1.165) is 22.0 Å². The largest absolute Gasteiger partial charge is 0.497 e. The Balaban J connectivity index is 1.35. The molecule has 3 aromatic carbocycles. The molecule has 13 nitrogen and oxygen atoms in total. The lowest BCUT2D eigenvalue weighted by Gasteiger charge is -2.18. The first kappa shape index (κ1) is 33.8. The molecule has 2 heterocycles. The maximum Gasteiger partial charge on any atom is 0.251 e. The second kappa shape index (κ2) is 14.9. The standard InChI is InChI=1S/C31H33N7O6S3/c1-5-37(6-2)47(41,42)22-14-11-20(12-15-22)29(40)32-18-27-35-36-31(38(27)24-17-21(43-3)13-16-25(24)44-4)45-19-28(39)34-30-33-23-9-7-8-10-26(23)46-30/h7-17H,5-6,18-19H2,1-4H3,(H,32,40)(H,33,34,39). The topological polar surface area (TPSA) is 158 Å². The Bertz CT molecular complexity index is 1960. The number of thiazole rings is 1. The summed E-state index contributed by atoms with van der Waals surface area (Å²) in [6, 6.07) is 18.6. The monoisotopic (exact) mass is 695 g/mol. The van der Waals surface area contributed by atoms with Crippen LogP contribution in [0.2, 0.25) is 0 Å². The van der Waals surface area contributed by atoms with Crippen LogP contribution in [0.15, 0.2) is 76.8 Å². The first-order valence-corrected chi connectivity index (χ1v) is 17.8. The fraction of sp³-hybridized carbons (Fsp3) is 0.258. The van der Waals surface area contributed by atoms with Gasteiger partial charge in [-0.1, -0.05) is 49.1 Å². The highest BCUT2D eigenvalue weighted by Gasteiger charge is 2.23. The number of para-hydroxylation sites is 1. The number of nitrogens with zero attached hydrogens (tertiary/aromatic N) is 5. The van der Waals surface area contributed by atoms with Gasteiger partial charge in [0, 0.05) is 24.7 Å². The second-order valence-electron chi connectivity index (χ2n) is 9.89. The van der Waals surface area contributed by atoms with Crippen LogP contribution >= 0.6 is 23.1 Å². The molecule has 0 saturated carbocycles. The van der Waals surface area contributed by atoms with Gasteiger partial charge in [-0.2, -0.15) is 4.31 Å². The highest BCUT2D eigenvalue weighted by atomic mass is 32.2. The minimum Gasteiger partial charge on any atom is -0.497 e. The van der Waals surface area contributed by atoms with Crippen molar-refractivity contribution in [3.63, 3.8) is 0 Å². The molecule has 0 unspecified atom stereocenters. The predicted molar refractivity (Wildman–Crippen MR) is 181 cm³/mol. The molecule has 5 rings (SSSR count). The van der Waals surface area contributed by atoms with Crippen LogP contribution in [0.25, 0.3) is 15.9 Å². The SMILES string of the molecule is CCN(CC)S(=O)(=O)c1ccc(C(=O)NCc2nnc(SCC(=O)Nc3nc4ccccc4s3)n2-c2cc(OC)ccc2OC)cc1. The van der Waals surface area contributed by atoms with E-state index in [9.17, 15) is 18.0 Å². The summed E-state index contributed by atoms with van der Waals surface area (Å²) in [5.74, 6) is 0.698. The quantitative estimate of drug-likeness (QED) is 0.158. The predicted octanol–water partition coefficient (Wildman–Crippen LogP) is 4.59. The maximum absolute atomic E-state index is 13.1. The molecule has 0 atom stereocenters. The second-order valence-corrected chi connectivity index (χ2v) is 13.8. The van der Waals surface area contributed by atoms with E-state index in [-0.39, 0.29) is 28.7 Å². The van der Waals surface area contributed by atoms with Crippen molar-refractivity contribution >= 4 is 60.3 Å². The average molecular weight is 696 g/mol. The molecule has 246 valence electrons. The van der Waals surface area contributed by atoms with Gasteiger partial charge in [0.1, 0.15) is 11.5 Å². The number of nitrogens with one attached hydrogen (secondary N) is 2. The third-order valence-electron chi connectivity index (χ3n) is 7.07. The highest BCUT2D eigenvalue weighted by molar-refractivity contribution is 7.99. The molecule has 2 aromatic heterocycles. The first-order valence-electron chi connectivity index (χ1n) is 14.5. The summed E-state index contributed by atoms with van der Waals surface area (Å²) < 4.78 is 40.7. The fourth-order valence-electron chi connectivity index (χ4n) is 4.69. The number of carbonyl (C=O) groups is 2. The summed E-state index contributed by atoms with van der Waals surface area (Å²) in [7, 11) is -0.588. The van der Waals surface area contributed by atoms with E-state index in [2.05, 4.69) is 25.8 Å². The van der Waals surface area contributed by atoms with Crippen molar-refractivity contribution in [3.8, 4) is 17.2 Å². The van der Waals surface area contributed by atoms with Crippen molar-refractivity contribution < 1.29 is 27.5 Å². The minimum atomic E-state index is -3.66. The minimum absolute atomic E-state index is 0.00937. The van der Waals surface area contributed by atoms with E-state index in [1.807, 2.05) is 24.3 Å². The van der Waals surface area contributed by atoms with Crippen LogP contribution < -0.4 is 20.1 Å². The number of anilines is 1. The van der Waals surface area contributed by atoms with Crippen molar-refractivity contribution in [1.29, 1.82) is 0 Å². The number of fused-ring (bicyclic) bond motifs is 1. The molecule has 0 aliphatic carbocycles. The van der Waals surface area contributed by atoms with Crippen LogP contribution in [0.3, 0.4) is 0 Å². The van der Waals surface area contributed by atoms with Gasteiger partial charge in [0.05, 0.1) is 47.3 Å². The van der Waals surface area contributed by atoms with Gasteiger partial charge in [-0.05, 0) is 48.5 Å². The van der Waals surface area contributed by atoms with Gasteiger partial charge >= 0.3 is 0 Å². The summed E-state index contributed by atoms with van der Waals surface area (Å²) in [5, 5.41) is 15.2. The Kier molecular flexibility index (Phi) is 10.8. The van der Waals surface area contributed by atoms with Crippen LogP contribution in [0.4, 0.5) is 5.13 Å². The molecule has 2 N–H and O–H groups in total. The van der Waals surface area contributed by atoms with Crippen molar-refractivity contribution in [3.05, 3.63) is 78.1 Å². The normalized spacial score (nSPS) is 11.5. The van der Waals surface area contributed by atoms with Crippen LogP contribution in [0, 0.1) is 0 Å². The molecule has 0 spiro atoms. The number of hydrogen-bond donors (Lipinski definition) is 2. The van der Waals surface area contributed by atoms with E-state index in [0.29, 0.717) is 46.4 Å². The van der Waals surface area contributed by atoms with Crippen LogP contribution in [-0.2, 0) is 21.4 Å². The molecule has 5 aromatic rings. The number of thioether (sulfide) groups is 1. The number of amides is 2. The Morgan fingerprint density at radius 3 is 2.40 bits per heavy atom. The molecule has 0 saturated heterocycles. The number of carbonyl (C=O) groups excluding carboxylic acids is 2. The lowest BCUT2D eigenvalue weighted by Crippen LogP contribution is -2.30. The Hall–Kier alpha value is -4.51. The number of rotatable bonds is 14. The van der Waals surface area contributed by atoms with E-state index in [4.69, 9.17) is 9.47 Å². The number of ether oxygens (including phenoxy) is 2. The van der Waals surface area contributed by atoms with Crippen molar-refractivity contribution in [2.45, 2.75) is 30.4 Å². The Morgan fingerprint density at radius 2 is 1.72 bits per heavy atom. The number of hydrogen-bond acceptors (Lipinski definition) is 11. The number of benzene rings is 3. The van der Waals surface area contributed by atoms with Gasteiger partial charge in [0.25, 0.3) is 5.91 Å². The van der Waals surface area contributed by atoms with E-state index < -0.39 is 15.9 Å². The third-order valence-corrected chi connectivity index (χ3v) is 11.0. The van der Waals surface area contributed by atoms with Gasteiger partial charge in [0.15, 0.2) is 16.1 Å². The van der Waals surface area contributed by atoms with E-state index in [1.54, 1.807) is 43.7 Å². The van der Waals surface area contributed by atoms with Gasteiger partial charge in [-0.15, -0.1) is 10.2 Å². The zero-order valence-electron chi connectivity index (χ0n) is 26.1. The third kappa shape index (κ3) is 7.56. The number of sulfonamides is 1. The number of methoxy groups -OCH3 is 2. The lowest BCUT2D eigenvalue weighted by molar-refractivity contribution is -0.113. The van der Waals surface area contributed by atoms with Gasteiger partial charge in [0.2, 0.25) is 15.9 Å². The summed E-state index contributed by atoms with van der Waals surface area (Å²) in [4.78, 5) is 30.6. The molecule has 0 aliphatic heterocycles. The maximum atomic E-state index is 13.1. The van der Waals surface area contributed by atoms with Crippen molar-refractivity contribution in [1.82, 2.24) is 29.4 Å². The van der Waals surface area contributed by atoms with Gasteiger partial charge < -0.3 is 20.1 Å². The lowest BCUT2D eigenvalue weighted by atomic mass is 10.2. The zero-order chi connectivity index (χ0) is 33.6. The van der Waals surface area contributed by atoms with Crippen molar-refractivity contribution in [2.24, 2.45) is 0 Å². The molecule has 47 heavy (non-hydrogen) atoms. The number of aromatic nitrogens is 4. The molecular weight excluding hydrogens is 663 g/mol. The molecule has 0 fully saturated rings. The molecule has 0 bridgehead atoms. The average Bonchev–Trinajstić information content (AvgIpc) is 3.69.